The Hall–Kier alpha value is -4.80. The molecule has 6 rings (SSSR count). The highest BCUT2D eigenvalue weighted by atomic mass is 16.7. The van der Waals surface area contributed by atoms with Gasteiger partial charge in [0.2, 0.25) is 6.79 Å². The Morgan fingerprint density at radius 3 is 2.16 bits per heavy atom. The summed E-state index contributed by atoms with van der Waals surface area (Å²) in [6.45, 7) is 16.7. The van der Waals surface area contributed by atoms with Crippen LogP contribution in [0.1, 0.15) is 90.7 Å². The molecule has 0 aromatic heterocycles. The van der Waals surface area contributed by atoms with E-state index in [1.54, 1.807) is 45.9 Å². The molecule has 1 fully saturated rings. The van der Waals surface area contributed by atoms with Crippen LogP contribution in [0, 0.1) is 30.6 Å². The zero-order valence-electron chi connectivity index (χ0n) is 35.0. The number of nitrogens with one attached hydrogen (secondary N) is 1. The number of Topliss-reactive ketones (excluding diaryl/α,β-unsaturated/α-hetero) is 1. The standard InChI is InChI=1S/C43H55NO14/c1-18-14-13-15-19(2)40(50)44-30-21(4)37(56-25(8)45)26-27(33(30)48)31(46)22(5)36-28(26)35(54-17-55-36)20(3)16-43(11,52)39(49)23(6)32(47)29(41(51)53-12)38-24(7)34(18)57-42(9,10)58-38/h13-16,18,23-24,29,32,34,38-39,47-49,52H,17H2,1-12H3,(H,44,50)/b14-13-,19-15-,20-16+. The first-order valence-electron chi connectivity index (χ1n) is 19.2. The SMILES string of the molecule is COC(=O)C1C(O)C(C)C(O)C(C)(O)/C=C(\C)C2=C3C(=C(C)C(=O)c4c(O)c(c(C)c(OC(C)=O)c43)NC(=O)/C(C)=C\C=C/C(C)C3OC(C)(C)OC1C3C)OCO2. The number of aromatic hydroxyl groups is 1. The fraction of sp³-hybridized carbons (Fsp3) is 0.535. The molecule has 9 unspecified atom stereocenters. The second-order valence-corrected chi connectivity index (χ2v) is 16.3. The molecule has 1 aromatic rings. The number of hydrogen-bond donors (Lipinski definition) is 5. The molecule has 0 spiro atoms. The van der Waals surface area contributed by atoms with Crippen LogP contribution in [0.3, 0.4) is 0 Å². The molecular weight excluding hydrogens is 754 g/mol. The summed E-state index contributed by atoms with van der Waals surface area (Å²) in [4.78, 5) is 53.9. The van der Waals surface area contributed by atoms with Gasteiger partial charge in [-0.3, -0.25) is 19.2 Å². The number of ether oxygens (including phenoxy) is 6. The van der Waals surface area contributed by atoms with E-state index in [4.69, 9.17) is 28.4 Å². The van der Waals surface area contributed by atoms with Crippen LogP contribution in [-0.4, -0.2) is 93.8 Å². The van der Waals surface area contributed by atoms with Gasteiger partial charge in [-0.05, 0) is 60.1 Å². The second-order valence-electron chi connectivity index (χ2n) is 16.3. The summed E-state index contributed by atoms with van der Waals surface area (Å²) >= 11 is 0. The second kappa shape index (κ2) is 16.5. The Bertz CT molecular complexity index is 2050. The molecule has 58 heavy (non-hydrogen) atoms. The highest BCUT2D eigenvalue weighted by molar-refractivity contribution is 6.21. The molecule has 6 bridgehead atoms. The van der Waals surface area contributed by atoms with Crippen LogP contribution in [0.15, 0.2) is 52.5 Å². The summed E-state index contributed by atoms with van der Waals surface area (Å²) in [6.07, 6.45) is 1.44. The lowest BCUT2D eigenvalue weighted by Crippen LogP contribution is -2.59. The summed E-state index contributed by atoms with van der Waals surface area (Å²) in [5.74, 6) is -8.14. The number of esters is 2. The van der Waals surface area contributed by atoms with Gasteiger partial charge >= 0.3 is 11.9 Å². The Morgan fingerprint density at radius 1 is 0.914 bits per heavy atom. The van der Waals surface area contributed by atoms with Crippen molar-refractivity contribution in [1.82, 2.24) is 0 Å². The lowest BCUT2D eigenvalue weighted by atomic mass is 9.74. The van der Waals surface area contributed by atoms with E-state index >= 15 is 0 Å². The van der Waals surface area contributed by atoms with Crippen molar-refractivity contribution in [3.8, 4) is 11.5 Å². The molecule has 5 N–H and O–H groups in total. The number of allylic oxidation sites excluding steroid dienone is 5. The van der Waals surface area contributed by atoms with Crippen molar-refractivity contribution in [2.75, 3.05) is 19.2 Å². The minimum atomic E-state index is -2.11. The topological polar surface area (TPSA) is 217 Å². The number of carbonyl (C=O) groups is 4. The molecule has 1 amide bonds. The van der Waals surface area contributed by atoms with Gasteiger partial charge in [0.1, 0.15) is 28.8 Å². The molecule has 1 aliphatic carbocycles. The van der Waals surface area contributed by atoms with Crippen molar-refractivity contribution < 1.29 is 68.0 Å². The smallest absolute Gasteiger partial charge is 0.313 e. The zero-order valence-corrected chi connectivity index (χ0v) is 35.0. The highest BCUT2D eigenvalue weighted by Gasteiger charge is 2.52. The average molecular weight is 810 g/mol. The maximum absolute atomic E-state index is 14.1. The molecule has 4 heterocycles. The van der Waals surface area contributed by atoms with E-state index in [1.807, 2.05) is 13.8 Å². The van der Waals surface area contributed by atoms with Crippen molar-refractivity contribution in [3.05, 3.63) is 69.2 Å². The molecule has 0 radical (unpaired) electrons. The first kappa shape index (κ1) is 44.3. The van der Waals surface area contributed by atoms with Gasteiger partial charge in [0.05, 0.1) is 48.3 Å². The van der Waals surface area contributed by atoms with Gasteiger partial charge in [0.25, 0.3) is 5.91 Å². The molecular formula is C43H55NO14. The van der Waals surface area contributed by atoms with Gasteiger partial charge < -0.3 is 54.2 Å². The first-order chi connectivity index (χ1) is 26.9. The van der Waals surface area contributed by atoms with Crippen LogP contribution in [0.2, 0.25) is 0 Å². The minimum absolute atomic E-state index is 0.0437. The third kappa shape index (κ3) is 8.10. The van der Waals surface area contributed by atoms with E-state index in [-0.39, 0.29) is 74.6 Å². The van der Waals surface area contributed by atoms with Crippen molar-refractivity contribution in [2.24, 2.45) is 23.7 Å². The fourth-order valence-corrected chi connectivity index (χ4v) is 8.32. The Kier molecular flexibility index (Phi) is 12.6. The molecule has 15 nitrogen and oxygen atoms in total. The van der Waals surface area contributed by atoms with E-state index in [2.05, 4.69) is 5.32 Å². The molecule has 4 aliphatic heterocycles. The summed E-state index contributed by atoms with van der Waals surface area (Å²) in [5, 5.41) is 50.2. The summed E-state index contributed by atoms with van der Waals surface area (Å²) in [6, 6.07) is 0. The number of anilines is 1. The number of methoxy groups -OCH3 is 1. The molecule has 1 saturated heterocycles. The maximum Gasteiger partial charge on any atom is 0.313 e. The maximum atomic E-state index is 14.1. The number of hydrogen-bond acceptors (Lipinski definition) is 14. The Morgan fingerprint density at radius 2 is 1.53 bits per heavy atom. The predicted molar refractivity (Wildman–Crippen MR) is 210 cm³/mol. The summed E-state index contributed by atoms with van der Waals surface area (Å²) < 4.78 is 35.4. The van der Waals surface area contributed by atoms with Gasteiger partial charge in [-0.15, -0.1) is 0 Å². The molecule has 9 atom stereocenters. The number of aliphatic hydroxyl groups is 3. The van der Waals surface area contributed by atoms with Gasteiger partial charge in [-0.2, -0.15) is 0 Å². The van der Waals surface area contributed by atoms with Crippen LogP contribution >= 0.6 is 0 Å². The highest BCUT2D eigenvalue weighted by Crippen LogP contribution is 2.53. The third-order valence-electron chi connectivity index (χ3n) is 11.4. The molecule has 5 aliphatic rings. The van der Waals surface area contributed by atoms with Crippen LogP contribution in [0.25, 0.3) is 5.57 Å². The van der Waals surface area contributed by atoms with Crippen LogP contribution in [0.5, 0.6) is 11.5 Å². The van der Waals surface area contributed by atoms with Crippen molar-refractivity contribution in [2.45, 2.75) is 112 Å². The molecule has 316 valence electrons. The third-order valence-corrected chi connectivity index (χ3v) is 11.4. The van der Waals surface area contributed by atoms with E-state index in [9.17, 15) is 39.6 Å². The van der Waals surface area contributed by atoms with Crippen LogP contribution < -0.4 is 10.1 Å². The van der Waals surface area contributed by atoms with Crippen LogP contribution in [0.4, 0.5) is 5.69 Å². The molecule has 1 aromatic carbocycles. The Labute approximate surface area is 338 Å². The first-order valence-corrected chi connectivity index (χ1v) is 19.2. The quantitative estimate of drug-likeness (QED) is 0.153. The number of amides is 1. The number of fused-ring (bicyclic) bond motifs is 10. The monoisotopic (exact) mass is 809 g/mol. The lowest BCUT2D eigenvalue weighted by molar-refractivity contribution is -0.336. The van der Waals surface area contributed by atoms with Crippen molar-refractivity contribution in [1.29, 1.82) is 0 Å². The Balaban J connectivity index is 1.80. The number of carbonyl (C=O) groups excluding carboxylic acids is 4. The normalized spacial score (nSPS) is 34.1. The van der Waals surface area contributed by atoms with E-state index in [1.165, 1.54) is 40.9 Å². The number of aliphatic hydroxyl groups excluding tert-OH is 2. The number of phenols is 1. The lowest BCUT2D eigenvalue weighted by Gasteiger charge is -2.49. The number of benzene rings is 1. The minimum Gasteiger partial charge on any atom is -0.505 e. The van der Waals surface area contributed by atoms with E-state index in [0.717, 1.165) is 6.92 Å². The van der Waals surface area contributed by atoms with Gasteiger partial charge in [0.15, 0.2) is 17.3 Å². The number of ketones is 1. The molecule has 0 saturated carbocycles. The number of rotatable bonds is 2. The van der Waals surface area contributed by atoms with Gasteiger partial charge in [-0.1, -0.05) is 39.0 Å². The summed E-state index contributed by atoms with van der Waals surface area (Å²) in [7, 11) is 1.18. The van der Waals surface area contributed by atoms with Crippen molar-refractivity contribution >= 4 is 34.9 Å². The number of phenolic OH excluding ortho intramolecular Hbond substituents is 1. The summed E-state index contributed by atoms with van der Waals surface area (Å²) in [5.41, 5.74) is -1.95. The predicted octanol–water partition coefficient (Wildman–Crippen LogP) is 4.90. The van der Waals surface area contributed by atoms with Crippen LogP contribution in [-0.2, 0) is 38.1 Å². The van der Waals surface area contributed by atoms with Crippen molar-refractivity contribution in [3.63, 3.8) is 0 Å². The average Bonchev–Trinajstić information content (AvgIpc) is 3.15. The largest absolute Gasteiger partial charge is 0.505 e. The van der Waals surface area contributed by atoms with E-state index in [0.29, 0.717) is 0 Å². The zero-order chi connectivity index (χ0) is 43.3. The van der Waals surface area contributed by atoms with E-state index < -0.39 is 82.9 Å². The van der Waals surface area contributed by atoms with Gasteiger partial charge in [-0.25, -0.2) is 0 Å². The van der Waals surface area contributed by atoms with Gasteiger partial charge in [0, 0.05) is 47.0 Å². The fourth-order valence-electron chi connectivity index (χ4n) is 8.32. The molecule has 15 heteroatoms.